The van der Waals surface area contributed by atoms with Crippen molar-refractivity contribution < 1.29 is 4.57 Å². The maximum Gasteiger partial charge on any atom is 0.193 e. The summed E-state index contributed by atoms with van der Waals surface area (Å²) in [6.07, 6.45) is 1.94. The van der Waals surface area contributed by atoms with Crippen molar-refractivity contribution in [2.24, 2.45) is 0 Å². The number of halogens is 2. The van der Waals surface area contributed by atoms with Crippen LogP contribution in [-0.2, 0) is 4.57 Å². The zero-order chi connectivity index (χ0) is 18.1. The maximum absolute atomic E-state index is 13.4. The minimum atomic E-state index is -3.03. The Morgan fingerprint density at radius 3 is 1.76 bits per heavy atom. The lowest BCUT2D eigenvalue weighted by Crippen LogP contribution is -2.09. The number of unbranched alkanes of at least 4 members (excludes halogenated alkanes) is 1. The topological polar surface area (TPSA) is 29.1 Å². The number of hydrogen-bond donors (Lipinski definition) is 1. The van der Waals surface area contributed by atoms with Gasteiger partial charge in [0.05, 0.1) is 10.1 Å². The molecule has 1 N–H and O–H groups in total. The van der Waals surface area contributed by atoms with Gasteiger partial charge in [-0.05, 0) is 17.5 Å². The van der Waals surface area contributed by atoms with E-state index in [2.05, 4.69) is 12.0 Å². The SMILES string of the molecule is CCCCNP(=O)(C=C(Cl)c1ccccc1)/C=C(/Cl)c1ccccc1. The van der Waals surface area contributed by atoms with E-state index in [1.165, 1.54) is 0 Å². The molecule has 0 fully saturated rings. The number of nitrogens with one attached hydrogen (secondary N) is 1. The van der Waals surface area contributed by atoms with Crippen LogP contribution < -0.4 is 5.09 Å². The van der Waals surface area contributed by atoms with Crippen LogP contribution in [0.4, 0.5) is 0 Å². The van der Waals surface area contributed by atoms with E-state index in [-0.39, 0.29) is 0 Å². The molecule has 2 nitrogen and oxygen atoms in total. The number of hydrogen-bond acceptors (Lipinski definition) is 1. The zero-order valence-corrected chi connectivity index (χ0v) is 16.6. The third-order valence-electron chi connectivity index (χ3n) is 3.60. The minimum Gasteiger partial charge on any atom is -0.298 e. The van der Waals surface area contributed by atoms with Gasteiger partial charge < -0.3 is 0 Å². The quantitative estimate of drug-likeness (QED) is 0.381. The van der Waals surface area contributed by atoms with Crippen LogP contribution in [-0.4, -0.2) is 6.54 Å². The molecule has 0 spiro atoms. The summed E-state index contributed by atoms with van der Waals surface area (Å²) >= 11 is 12.8. The lowest BCUT2D eigenvalue weighted by molar-refractivity contribution is 0.575. The molecule has 132 valence electrons. The molecule has 2 aromatic rings. The van der Waals surface area contributed by atoms with E-state index in [4.69, 9.17) is 23.2 Å². The first-order valence-electron chi connectivity index (χ1n) is 8.26. The Balaban J connectivity index is 2.35. The Labute approximate surface area is 160 Å². The molecule has 0 heterocycles. The number of benzene rings is 2. The summed E-state index contributed by atoms with van der Waals surface area (Å²) in [7, 11) is -3.03. The van der Waals surface area contributed by atoms with Crippen molar-refractivity contribution in [3.63, 3.8) is 0 Å². The van der Waals surface area contributed by atoms with Crippen molar-refractivity contribution in [1.82, 2.24) is 5.09 Å². The highest BCUT2D eigenvalue weighted by Gasteiger charge is 2.18. The third-order valence-corrected chi connectivity index (χ3v) is 6.56. The molecule has 1 unspecified atom stereocenters. The summed E-state index contributed by atoms with van der Waals surface area (Å²) in [6.45, 7) is 2.73. The minimum absolute atomic E-state index is 0.446. The van der Waals surface area contributed by atoms with Crippen LogP contribution in [0, 0.1) is 0 Å². The molecule has 2 rings (SSSR count). The summed E-state index contributed by atoms with van der Waals surface area (Å²) in [6, 6.07) is 19.0. The summed E-state index contributed by atoms with van der Waals surface area (Å²) in [5, 5.41) is 4.02. The molecule has 5 heteroatoms. The highest BCUT2D eigenvalue weighted by molar-refractivity contribution is 7.68. The average Bonchev–Trinajstić information content (AvgIpc) is 2.63. The fourth-order valence-electron chi connectivity index (χ4n) is 2.24. The van der Waals surface area contributed by atoms with Crippen LogP contribution in [0.1, 0.15) is 30.9 Å². The normalized spacial score (nSPS) is 15.0. The Kier molecular flexibility index (Phi) is 7.99. The molecular weight excluding hydrogens is 372 g/mol. The van der Waals surface area contributed by atoms with Gasteiger partial charge in [-0.15, -0.1) is 0 Å². The smallest absolute Gasteiger partial charge is 0.193 e. The van der Waals surface area contributed by atoms with E-state index in [9.17, 15) is 4.57 Å². The van der Waals surface area contributed by atoms with Gasteiger partial charge in [-0.2, -0.15) is 0 Å². The summed E-state index contributed by atoms with van der Waals surface area (Å²) in [5.41, 5.74) is 1.65. The predicted octanol–water partition coefficient (Wildman–Crippen LogP) is 7.13. The van der Waals surface area contributed by atoms with Gasteiger partial charge in [0.2, 0.25) is 0 Å². The summed E-state index contributed by atoms with van der Waals surface area (Å²) in [5.74, 6) is 3.18. The van der Waals surface area contributed by atoms with Gasteiger partial charge in [0.1, 0.15) is 0 Å². The standard InChI is InChI=1S/C20H22Cl2NOP/c1-2-3-14-23-25(24,15-19(21)17-10-6-4-7-11-17)16-20(22)18-12-8-5-9-13-18/h4-13,15-16H,2-3,14H2,1H3,(H,23,24)/b19-15+,20-16?. The van der Waals surface area contributed by atoms with Crippen LogP contribution in [0.3, 0.4) is 0 Å². The van der Waals surface area contributed by atoms with Gasteiger partial charge in [-0.25, -0.2) is 0 Å². The summed E-state index contributed by atoms with van der Waals surface area (Å²) < 4.78 is 13.4. The van der Waals surface area contributed by atoms with Crippen molar-refractivity contribution in [3.8, 4) is 0 Å². The van der Waals surface area contributed by atoms with Crippen molar-refractivity contribution in [1.29, 1.82) is 0 Å². The second kappa shape index (κ2) is 9.99. The van der Waals surface area contributed by atoms with Crippen LogP contribution in [0.2, 0.25) is 0 Å². The second-order valence-corrected chi connectivity index (χ2v) is 8.72. The lowest BCUT2D eigenvalue weighted by Gasteiger charge is -2.14. The van der Waals surface area contributed by atoms with Gasteiger partial charge in [0, 0.05) is 18.2 Å². The van der Waals surface area contributed by atoms with E-state index in [1.807, 2.05) is 60.7 Å². The molecule has 0 aliphatic carbocycles. The molecule has 0 bridgehead atoms. The molecular formula is C20H22Cl2NOP. The molecule has 0 saturated carbocycles. The van der Waals surface area contributed by atoms with Crippen molar-refractivity contribution in [2.75, 3.05) is 6.54 Å². The van der Waals surface area contributed by atoms with Gasteiger partial charge in [-0.3, -0.25) is 9.65 Å². The molecule has 0 aliphatic rings. The lowest BCUT2D eigenvalue weighted by atomic mass is 10.2. The van der Waals surface area contributed by atoms with Crippen LogP contribution >= 0.6 is 30.5 Å². The van der Waals surface area contributed by atoms with Crippen molar-refractivity contribution in [2.45, 2.75) is 19.8 Å². The Morgan fingerprint density at radius 2 is 1.36 bits per heavy atom. The van der Waals surface area contributed by atoms with Crippen LogP contribution in [0.5, 0.6) is 0 Å². The van der Waals surface area contributed by atoms with Crippen LogP contribution in [0.15, 0.2) is 72.3 Å². The first-order valence-corrected chi connectivity index (χ1v) is 10.9. The van der Waals surface area contributed by atoms with Gasteiger partial charge in [-0.1, -0.05) is 97.2 Å². The van der Waals surface area contributed by atoms with Gasteiger partial charge in [0.15, 0.2) is 7.29 Å². The van der Waals surface area contributed by atoms with E-state index in [1.54, 1.807) is 11.6 Å². The molecule has 0 radical (unpaired) electrons. The maximum atomic E-state index is 13.4. The molecule has 0 aromatic heterocycles. The van der Waals surface area contributed by atoms with Crippen LogP contribution in [0.25, 0.3) is 10.1 Å². The summed E-state index contributed by atoms with van der Waals surface area (Å²) in [4.78, 5) is 0. The number of rotatable bonds is 8. The van der Waals surface area contributed by atoms with E-state index in [0.29, 0.717) is 16.6 Å². The van der Waals surface area contributed by atoms with E-state index >= 15 is 0 Å². The zero-order valence-electron chi connectivity index (χ0n) is 14.2. The van der Waals surface area contributed by atoms with E-state index < -0.39 is 7.29 Å². The first-order chi connectivity index (χ1) is 12.0. The van der Waals surface area contributed by atoms with E-state index in [0.717, 1.165) is 24.0 Å². The average molecular weight is 394 g/mol. The molecule has 0 aliphatic heterocycles. The predicted molar refractivity (Wildman–Crippen MR) is 111 cm³/mol. The highest BCUT2D eigenvalue weighted by atomic mass is 35.5. The fraction of sp³-hybridized carbons (Fsp3) is 0.200. The molecule has 0 saturated heterocycles. The monoisotopic (exact) mass is 393 g/mol. The third kappa shape index (κ3) is 6.49. The molecule has 2 aromatic carbocycles. The first kappa shape index (κ1) is 20.0. The Bertz CT molecular complexity index is 713. The largest absolute Gasteiger partial charge is 0.298 e. The second-order valence-electron chi connectivity index (χ2n) is 5.66. The molecule has 0 amide bonds. The van der Waals surface area contributed by atoms with Gasteiger partial charge >= 0.3 is 0 Å². The highest BCUT2D eigenvalue weighted by Crippen LogP contribution is 2.50. The fourth-order valence-corrected chi connectivity index (χ4v) is 5.10. The Morgan fingerprint density at radius 1 is 0.920 bits per heavy atom. The molecule has 25 heavy (non-hydrogen) atoms. The Hall–Kier alpha value is -1.31. The van der Waals surface area contributed by atoms with Crippen molar-refractivity contribution in [3.05, 3.63) is 83.4 Å². The molecule has 1 atom stereocenters. The van der Waals surface area contributed by atoms with Gasteiger partial charge in [0.25, 0.3) is 0 Å². The van der Waals surface area contributed by atoms with Crippen molar-refractivity contribution >= 4 is 40.6 Å².